The summed E-state index contributed by atoms with van der Waals surface area (Å²) in [6, 6.07) is 7.03. The van der Waals surface area contributed by atoms with Gasteiger partial charge in [0, 0.05) is 18.7 Å². The Bertz CT molecular complexity index is 615. The molecule has 5 heteroatoms. The van der Waals surface area contributed by atoms with E-state index in [1.807, 2.05) is 34.6 Å². The van der Waals surface area contributed by atoms with Crippen LogP contribution in [0.5, 0.6) is 5.75 Å². The number of rotatable bonds is 4. The van der Waals surface area contributed by atoms with Crippen molar-refractivity contribution in [2.75, 3.05) is 13.1 Å². The van der Waals surface area contributed by atoms with Gasteiger partial charge in [0.25, 0.3) is 5.91 Å². The predicted molar refractivity (Wildman–Crippen MR) is 92.3 cm³/mol. The Labute approximate surface area is 143 Å². The van der Waals surface area contributed by atoms with E-state index in [4.69, 9.17) is 4.74 Å². The molecule has 1 aliphatic heterocycles. The fourth-order valence-corrected chi connectivity index (χ4v) is 3.10. The number of hydrogen-bond acceptors (Lipinski definition) is 3. The lowest BCUT2D eigenvalue weighted by molar-refractivity contribution is -0.150. The van der Waals surface area contributed by atoms with Crippen LogP contribution in [0.15, 0.2) is 24.3 Å². The number of benzene rings is 1. The number of hydrogen-bond donors (Lipinski definition) is 1. The van der Waals surface area contributed by atoms with Crippen LogP contribution >= 0.6 is 0 Å². The van der Waals surface area contributed by atoms with Crippen molar-refractivity contribution in [2.45, 2.75) is 46.6 Å². The SMILES string of the molecule is CC(C)C1(C(=O)O)CCN(C(=O)c2ccc(OC(C)(C)C)cc2)C1. The Morgan fingerprint density at radius 1 is 1.21 bits per heavy atom. The fourth-order valence-electron chi connectivity index (χ4n) is 3.10. The maximum absolute atomic E-state index is 12.7. The Kier molecular flexibility index (Phi) is 4.92. The summed E-state index contributed by atoms with van der Waals surface area (Å²) >= 11 is 0. The number of ether oxygens (including phenoxy) is 1. The van der Waals surface area contributed by atoms with Crippen LogP contribution in [0.25, 0.3) is 0 Å². The van der Waals surface area contributed by atoms with Crippen LogP contribution in [0, 0.1) is 11.3 Å². The summed E-state index contributed by atoms with van der Waals surface area (Å²) in [6.45, 7) is 10.4. The number of carboxylic acid groups (broad SMARTS) is 1. The molecule has 24 heavy (non-hydrogen) atoms. The van der Waals surface area contributed by atoms with Gasteiger partial charge in [0.05, 0.1) is 5.41 Å². The van der Waals surface area contributed by atoms with Gasteiger partial charge in [-0.3, -0.25) is 9.59 Å². The maximum atomic E-state index is 12.7. The molecule has 1 saturated heterocycles. The summed E-state index contributed by atoms with van der Waals surface area (Å²) in [5.41, 5.74) is -0.578. The largest absolute Gasteiger partial charge is 0.488 e. The second-order valence-electron chi connectivity index (χ2n) is 7.83. The molecule has 1 amide bonds. The van der Waals surface area contributed by atoms with Crippen LogP contribution in [0.1, 0.15) is 51.4 Å². The zero-order chi connectivity index (χ0) is 18.1. The van der Waals surface area contributed by atoms with E-state index >= 15 is 0 Å². The first-order valence-electron chi connectivity index (χ1n) is 8.37. The van der Waals surface area contributed by atoms with Crippen LogP contribution in [0.2, 0.25) is 0 Å². The molecule has 1 fully saturated rings. The second-order valence-corrected chi connectivity index (χ2v) is 7.83. The van der Waals surface area contributed by atoms with E-state index < -0.39 is 11.4 Å². The predicted octanol–water partition coefficient (Wildman–Crippen LogP) is 3.44. The van der Waals surface area contributed by atoms with Gasteiger partial charge in [0.1, 0.15) is 11.4 Å². The summed E-state index contributed by atoms with van der Waals surface area (Å²) in [7, 11) is 0. The molecule has 0 radical (unpaired) electrons. The van der Waals surface area contributed by atoms with Gasteiger partial charge in [0.2, 0.25) is 0 Å². The molecule has 132 valence electrons. The Hall–Kier alpha value is -2.04. The van der Waals surface area contributed by atoms with Crippen LogP contribution in [0.3, 0.4) is 0 Å². The van der Waals surface area contributed by atoms with Crippen molar-refractivity contribution in [3.8, 4) is 5.75 Å². The number of carboxylic acids is 1. The minimum atomic E-state index is -0.842. The van der Waals surface area contributed by atoms with E-state index in [9.17, 15) is 14.7 Å². The lowest BCUT2D eigenvalue weighted by Gasteiger charge is -2.28. The Morgan fingerprint density at radius 3 is 2.21 bits per heavy atom. The van der Waals surface area contributed by atoms with E-state index in [0.29, 0.717) is 24.3 Å². The molecule has 1 N–H and O–H groups in total. The first kappa shape index (κ1) is 18.3. The van der Waals surface area contributed by atoms with Gasteiger partial charge in [-0.25, -0.2) is 0 Å². The normalized spacial score (nSPS) is 21.2. The number of aliphatic carboxylic acids is 1. The molecular weight excluding hydrogens is 306 g/mol. The van der Waals surface area contributed by atoms with E-state index in [-0.39, 0.29) is 24.0 Å². The number of carbonyl (C=O) groups excluding carboxylic acids is 1. The molecule has 1 heterocycles. The highest BCUT2D eigenvalue weighted by molar-refractivity contribution is 5.95. The molecule has 0 bridgehead atoms. The van der Waals surface area contributed by atoms with Crippen molar-refractivity contribution in [2.24, 2.45) is 11.3 Å². The minimum absolute atomic E-state index is 0.0182. The molecule has 1 aromatic rings. The minimum Gasteiger partial charge on any atom is -0.488 e. The molecule has 1 unspecified atom stereocenters. The van der Waals surface area contributed by atoms with Crippen LogP contribution < -0.4 is 4.74 Å². The molecule has 1 atom stereocenters. The van der Waals surface area contributed by atoms with Crippen LogP contribution in [-0.2, 0) is 4.79 Å². The lowest BCUT2D eigenvalue weighted by Crippen LogP contribution is -2.40. The quantitative estimate of drug-likeness (QED) is 0.916. The van der Waals surface area contributed by atoms with Crippen molar-refractivity contribution in [3.05, 3.63) is 29.8 Å². The molecule has 5 nitrogen and oxygen atoms in total. The van der Waals surface area contributed by atoms with Gasteiger partial charge in [-0.05, 0) is 57.4 Å². The van der Waals surface area contributed by atoms with E-state index in [0.717, 1.165) is 0 Å². The molecular formula is C19H27NO4. The van der Waals surface area contributed by atoms with Crippen LogP contribution in [-0.4, -0.2) is 40.6 Å². The number of amides is 1. The molecule has 1 aliphatic rings. The zero-order valence-corrected chi connectivity index (χ0v) is 15.1. The topological polar surface area (TPSA) is 66.8 Å². The molecule has 1 aromatic carbocycles. The average Bonchev–Trinajstić information content (AvgIpc) is 2.92. The highest BCUT2D eigenvalue weighted by Gasteiger charge is 2.48. The van der Waals surface area contributed by atoms with Gasteiger partial charge >= 0.3 is 5.97 Å². The number of nitrogens with zero attached hydrogens (tertiary/aromatic N) is 1. The van der Waals surface area contributed by atoms with Gasteiger partial charge in [-0.1, -0.05) is 13.8 Å². The number of carbonyl (C=O) groups is 2. The monoisotopic (exact) mass is 333 g/mol. The van der Waals surface area contributed by atoms with E-state index in [2.05, 4.69) is 0 Å². The Morgan fingerprint density at radius 2 is 1.79 bits per heavy atom. The highest BCUT2D eigenvalue weighted by atomic mass is 16.5. The summed E-state index contributed by atoms with van der Waals surface area (Å²) < 4.78 is 5.76. The molecule has 0 saturated carbocycles. The third-order valence-electron chi connectivity index (χ3n) is 4.64. The van der Waals surface area contributed by atoms with Gasteiger partial charge in [-0.2, -0.15) is 0 Å². The van der Waals surface area contributed by atoms with Crippen molar-refractivity contribution < 1.29 is 19.4 Å². The summed E-state index contributed by atoms with van der Waals surface area (Å²) in [5.74, 6) is -0.249. The fraction of sp³-hybridized carbons (Fsp3) is 0.579. The first-order chi connectivity index (χ1) is 11.0. The van der Waals surface area contributed by atoms with Crippen molar-refractivity contribution >= 4 is 11.9 Å². The third-order valence-corrected chi connectivity index (χ3v) is 4.64. The summed E-state index contributed by atoms with van der Waals surface area (Å²) in [6.07, 6.45) is 0.497. The van der Waals surface area contributed by atoms with Crippen molar-refractivity contribution in [3.63, 3.8) is 0 Å². The average molecular weight is 333 g/mol. The summed E-state index contributed by atoms with van der Waals surface area (Å²) in [4.78, 5) is 26.0. The zero-order valence-electron chi connectivity index (χ0n) is 15.1. The second kappa shape index (κ2) is 6.46. The third kappa shape index (κ3) is 3.71. The van der Waals surface area contributed by atoms with E-state index in [1.165, 1.54) is 0 Å². The van der Waals surface area contributed by atoms with Crippen molar-refractivity contribution in [1.82, 2.24) is 4.90 Å². The first-order valence-corrected chi connectivity index (χ1v) is 8.37. The molecule has 0 spiro atoms. The molecule has 2 rings (SSSR count). The Balaban J connectivity index is 2.11. The van der Waals surface area contributed by atoms with Crippen LogP contribution in [0.4, 0.5) is 0 Å². The van der Waals surface area contributed by atoms with Crippen molar-refractivity contribution in [1.29, 1.82) is 0 Å². The smallest absolute Gasteiger partial charge is 0.311 e. The van der Waals surface area contributed by atoms with Gasteiger partial charge in [-0.15, -0.1) is 0 Å². The molecule has 0 aromatic heterocycles. The molecule has 0 aliphatic carbocycles. The number of likely N-dealkylation sites (tertiary alicyclic amines) is 1. The summed E-state index contributed by atoms with van der Waals surface area (Å²) in [5, 5.41) is 9.59. The lowest BCUT2D eigenvalue weighted by atomic mass is 9.76. The van der Waals surface area contributed by atoms with Gasteiger partial charge in [0.15, 0.2) is 0 Å². The van der Waals surface area contributed by atoms with Gasteiger partial charge < -0.3 is 14.7 Å². The standard InChI is InChI=1S/C19H27NO4/c1-13(2)19(17(22)23)10-11-20(12-19)16(21)14-6-8-15(9-7-14)24-18(3,4)5/h6-9,13H,10-12H2,1-5H3,(H,22,23). The maximum Gasteiger partial charge on any atom is 0.311 e. The highest BCUT2D eigenvalue weighted by Crippen LogP contribution is 2.38. The van der Waals surface area contributed by atoms with E-state index in [1.54, 1.807) is 29.2 Å².